The summed E-state index contributed by atoms with van der Waals surface area (Å²) in [6.45, 7) is 3.07. The van der Waals surface area contributed by atoms with Crippen LogP contribution in [0.15, 0.2) is 65.6 Å². The summed E-state index contributed by atoms with van der Waals surface area (Å²) in [7, 11) is 1.74. The highest BCUT2D eigenvalue weighted by Gasteiger charge is 2.25. The first-order valence-electron chi connectivity index (χ1n) is 10.3. The van der Waals surface area contributed by atoms with Crippen molar-refractivity contribution in [3.05, 3.63) is 82.4 Å². The number of hydrogen-bond donors (Lipinski definition) is 0. The van der Waals surface area contributed by atoms with Crippen LogP contribution in [0.4, 0.5) is 0 Å². The number of aryl methyl sites for hydroxylation is 1. The maximum absolute atomic E-state index is 13.0. The van der Waals surface area contributed by atoms with Crippen LogP contribution in [0.3, 0.4) is 0 Å². The highest BCUT2D eigenvalue weighted by Crippen LogP contribution is 2.23. The summed E-state index contributed by atoms with van der Waals surface area (Å²) in [6, 6.07) is 15.9. The smallest absolute Gasteiger partial charge is 0.254 e. The summed E-state index contributed by atoms with van der Waals surface area (Å²) in [4.78, 5) is 30.9. The second-order valence-electron chi connectivity index (χ2n) is 7.64. The van der Waals surface area contributed by atoms with Crippen LogP contribution < -0.4 is 15.0 Å². The summed E-state index contributed by atoms with van der Waals surface area (Å²) in [5.74, 6) is 1.61. The van der Waals surface area contributed by atoms with Crippen LogP contribution >= 0.6 is 0 Å². The highest BCUT2D eigenvalue weighted by atomic mass is 16.5. The second-order valence-corrected chi connectivity index (χ2v) is 7.64. The van der Waals surface area contributed by atoms with Gasteiger partial charge in [-0.1, -0.05) is 12.1 Å². The number of carbonyl (C=O) groups is 1. The predicted molar refractivity (Wildman–Crippen MR) is 117 cm³/mol. The monoisotopic (exact) mass is 419 g/mol. The minimum absolute atomic E-state index is 0.0191. The lowest BCUT2D eigenvalue weighted by atomic mass is 10.1. The van der Waals surface area contributed by atoms with E-state index in [1.54, 1.807) is 48.1 Å². The molecule has 160 valence electrons. The Labute approximate surface area is 180 Å². The molecule has 1 aromatic carbocycles. The van der Waals surface area contributed by atoms with E-state index in [-0.39, 0.29) is 17.6 Å². The minimum Gasteiger partial charge on any atom is -0.490 e. The van der Waals surface area contributed by atoms with E-state index < -0.39 is 0 Å². The maximum atomic E-state index is 13.0. The molecule has 1 fully saturated rings. The largest absolute Gasteiger partial charge is 0.490 e. The molecule has 0 spiro atoms. The summed E-state index contributed by atoms with van der Waals surface area (Å²) >= 11 is 0. The van der Waals surface area contributed by atoms with Gasteiger partial charge in [0.15, 0.2) is 0 Å². The predicted octanol–water partition coefficient (Wildman–Crippen LogP) is 3.56. The Hall–Kier alpha value is -3.61. The van der Waals surface area contributed by atoms with E-state index >= 15 is 0 Å². The summed E-state index contributed by atoms with van der Waals surface area (Å²) < 4.78 is 13.3. The van der Waals surface area contributed by atoms with Crippen LogP contribution in [0, 0.1) is 6.92 Å². The lowest BCUT2D eigenvalue weighted by Crippen LogP contribution is -2.41. The standard InChI is InChI=1S/C24H25N3O4/c1-17-14-21(16-23(28)26(17)2)30-19-9-12-27(13-10-19)24(29)18-6-5-7-20(15-18)31-22-8-3-4-11-25-22/h3-8,11,14-16,19H,9-10,12-13H2,1-2H3. The molecule has 0 N–H and O–H groups in total. The number of amides is 1. The fourth-order valence-electron chi connectivity index (χ4n) is 3.58. The number of pyridine rings is 2. The van der Waals surface area contributed by atoms with Crippen molar-refractivity contribution >= 4 is 5.91 Å². The van der Waals surface area contributed by atoms with Gasteiger partial charge in [-0.15, -0.1) is 0 Å². The Kier molecular flexibility index (Phi) is 6.02. The zero-order valence-corrected chi connectivity index (χ0v) is 17.7. The first kappa shape index (κ1) is 20.7. The molecule has 1 amide bonds. The van der Waals surface area contributed by atoms with Crippen LogP contribution in [0.5, 0.6) is 17.4 Å². The molecule has 0 bridgehead atoms. The van der Waals surface area contributed by atoms with Crippen LogP contribution in [0.25, 0.3) is 0 Å². The van der Waals surface area contributed by atoms with E-state index in [2.05, 4.69) is 4.98 Å². The third-order valence-electron chi connectivity index (χ3n) is 5.45. The molecule has 4 rings (SSSR count). The Morgan fingerprint density at radius 2 is 1.84 bits per heavy atom. The van der Waals surface area contributed by atoms with Gasteiger partial charge < -0.3 is 18.9 Å². The van der Waals surface area contributed by atoms with Gasteiger partial charge in [-0.3, -0.25) is 9.59 Å². The van der Waals surface area contributed by atoms with Crippen molar-refractivity contribution in [2.75, 3.05) is 13.1 Å². The zero-order chi connectivity index (χ0) is 21.8. The number of benzene rings is 1. The van der Waals surface area contributed by atoms with E-state index in [4.69, 9.17) is 9.47 Å². The Balaban J connectivity index is 1.36. The van der Waals surface area contributed by atoms with Crippen molar-refractivity contribution in [3.63, 3.8) is 0 Å². The van der Waals surface area contributed by atoms with Crippen LogP contribution in [-0.2, 0) is 7.05 Å². The molecule has 3 aromatic rings. The first-order chi connectivity index (χ1) is 15.0. The number of hydrogen-bond acceptors (Lipinski definition) is 5. The molecule has 7 nitrogen and oxygen atoms in total. The molecule has 1 aliphatic heterocycles. The summed E-state index contributed by atoms with van der Waals surface area (Å²) in [5, 5.41) is 0. The molecule has 1 saturated heterocycles. The zero-order valence-electron chi connectivity index (χ0n) is 17.7. The molecule has 0 aliphatic carbocycles. The van der Waals surface area contributed by atoms with Gasteiger partial charge in [0.05, 0.1) is 0 Å². The summed E-state index contributed by atoms with van der Waals surface area (Å²) in [5.41, 5.74) is 1.34. The third-order valence-corrected chi connectivity index (χ3v) is 5.45. The van der Waals surface area contributed by atoms with Gasteiger partial charge in [0.25, 0.3) is 11.5 Å². The van der Waals surface area contributed by atoms with Crippen molar-refractivity contribution in [1.82, 2.24) is 14.5 Å². The van der Waals surface area contributed by atoms with E-state index in [9.17, 15) is 9.59 Å². The highest BCUT2D eigenvalue weighted by molar-refractivity contribution is 5.94. The molecule has 0 saturated carbocycles. The average Bonchev–Trinajstić information content (AvgIpc) is 2.78. The Bertz CT molecular complexity index is 1120. The van der Waals surface area contributed by atoms with Crippen LogP contribution in [-0.4, -0.2) is 39.6 Å². The van der Waals surface area contributed by atoms with Gasteiger partial charge in [0, 0.05) is 62.6 Å². The molecule has 0 atom stereocenters. The quantitative estimate of drug-likeness (QED) is 0.632. The van der Waals surface area contributed by atoms with Crippen LogP contribution in [0.1, 0.15) is 28.9 Å². The fraction of sp³-hybridized carbons (Fsp3) is 0.292. The van der Waals surface area contributed by atoms with Crippen molar-refractivity contribution in [3.8, 4) is 17.4 Å². The van der Waals surface area contributed by atoms with E-state index in [0.29, 0.717) is 48.9 Å². The van der Waals surface area contributed by atoms with Crippen molar-refractivity contribution in [2.24, 2.45) is 7.05 Å². The molecule has 0 radical (unpaired) electrons. The lowest BCUT2D eigenvalue weighted by molar-refractivity contribution is 0.0594. The van der Waals surface area contributed by atoms with Crippen molar-refractivity contribution in [1.29, 1.82) is 0 Å². The first-order valence-corrected chi connectivity index (χ1v) is 10.3. The van der Waals surface area contributed by atoms with Gasteiger partial charge in [0.2, 0.25) is 5.88 Å². The summed E-state index contributed by atoms with van der Waals surface area (Å²) in [6.07, 6.45) is 3.06. The van der Waals surface area contributed by atoms with Gasteiger partial charge in [-0.25, -0.2) is 4.98 Å². The minimum atomic E-state index is -0.0876. The number of nitrogens with zero attached hydrogens (tertiary/aromatic N) is 3. The van der Waals surface area contributed by atoms with Crippen molar-refractivity contribution in [2.45, 2.75) is 25.9 Å². The number of likely N-dealkylation sites (tertiary alicyclic amines) is 1. The number of rotatable bonds is 5. The van der Waals surface area contributed by atoms with Gasteiger partial charge in [-0.05, 0) is 37.3 Å². The maximum Gasteiger partial charge on any atom is 0.254 e. The van der Waals surface area contributed by atoms with E-state index in [1.165, 1.54) is 6.07 Å². The molecular formula is C24H25N3O4. The van der Waals surface area contributed by atoms with Gasteiger partial charge in [0.1, 0.15) is 17.6 Å². The molecular weight excluding hydrogens is 394 g/mol. The fourth-order valence-corrected chi connectivity index (χ4v) is 3.58. The third kappa shape index (κ3) is 4.94. The number of ether oxygens (including phenoxy) is 2. The second kappa shape index (κ2) is 9.04. The molecule has 2 aromatic heterocycles. The molecule has 31 heavy (non-hydrogen) atoms. The Morgan fingerprint density at radius 1 is 1.03 bits per heavy atom. The normalized spacial score (nSPS) is 14.3. The molecule has 3 heterocycles. The Morgan fingerprint density at radius 3 is 2.55 bits per heavy atom. The molecule has 7 heteroatoms. The number of carbonyl (C=O) groups excluding carboxylic acids is 1. The van der Waals surface area contributed by atoms with E-state index in [0.717, 1.165) is 5.69 Å². The topological polar surface area (TPSA) is 73.7 Å². The van der Waals surface area contributed by atoms with Gasteiger partial charge in [-0.2, -0.15) is 0 Å². The van der Waals surface area contributed by atoms with Gasteiger partial charge >= 0.3 is 0 Å². The number of piperidine rings is 1. The molecule has 1 aliphatic rings. The lowest BCUT2D eigenvalue weighted by Gasteiger charge is -2.32. The van der Waals surface area contributed by atoms with Crippen LogP contribution in [0.2, 0.25) is 0 Å². The van der Waals surface area contributed by atoms with E-state index in [1.807, 2.05) is 30.0 Å². The number of aromatic nitrogens is 2. The average molecular weight is 419 g/mol. The molecule has 0 unspecified atom stereocenters. The van der Waals surface area contributed by atoms with Crippen molar-refractivity contribution < 1.29 is 14.3 Å². The SMILES string of the molecule is Cc1cc(OC2CCN(C(=O)c3cccc(Oc4ccccn4)c3)CC2)cc(=O)n1C.